The molecule has 1 aromatic rings. The fourth-order valence-corrected chi connectivity index (χ4v) is 1.61. The maximum Gasteiger partial charge on any atom is 0.251 e. The van der Waals surface area contributed by atoms with E-state index in [9.17, 15) is 9.59 Å². The largest absolute Gasteiger partial charge is 0.355 e. The first-order valence-corrected chi connectivity index (χ1v) is 6.16. The molecular formula is C12H16ClN3O2. The van der Waals surface area contributed by atoms with Crippen LogP contribution in [-0.4, -0.2) is 29.9 Å². The summed E-state index contributed by atoms with van der Waals surface area (Å²) in [4.78, 5) is 27.1. The van der Waals surface area contributed by atoms with Gasteiger partial charge in [0.2, 0.25) is 5.91 Å². The smallest absolute Gasteiger partial charge is 0.251 e. The van der Waals surface area contributed by atoms with Crippen molar-refractivity contribution in [1.82, 2.24) is 15.6 Å². The first-order chi connectivity index (χ1) is 8.56. The zero-order valence-electron chi connectivity index (χ0n) is 10.4. The van der Waals surface area contributed by atoms with Crippen LogP contribution in [0.3, 0.4) is 0 Å². The number of hydrogen-bond acceptors (Lipinski definition) is 3. The molecule has 0 fully saturated rings. The van der Waals surface area contributed by atoms with Crippen LogP contribution in [0.4, 0.5) is 0 Å². The van der Waals surface area contributed by atoms with Gasteiger partial charge in [-0.2, -0.15) is 0 Å². The maximum absolute atomic E-state index is 11.8. The number of hydrogen-bond donors (Lipinski definition) is 2. The molecule has 2 N–H and O–H groups in total. The highest BCUT2D eigenvalue weighted by atomic mass is 35.5. The number of nitrogens with one attached hydrogen (secondary N) is 2. The zero-order valence-corrected chi connectivity index (χ0v) is 11.2. The average Bonchev–Trinajstić information content (AvgIpc) is 2.35. The van der Waals surface area contributed by atoms with Crippen LogP contribution in [0.5, 0.6) is 0 Å². The lowest BCUT2D eigenvalue weighted by atomic mass is 10.2. The zero-order chi connectivity index (χ0) is 13.5. The van der Waals surface area contributed by atoms with Gasteiger partial charge in [0, 0.05) is 17.8 Å². The Morgan fingerprint density at radius 1 is 1.28 bits per heavy atom. The number of rotatable bonds is 5. The van der Waals surface area contributed by atoms with Crippen molar-refractivity contribution in [3.63, 3.8) is 0 Å². The van der Waals surface area contributed by atoms with Crippen molar-refractivity contribution < 1.29 is 9.59 Å². The van der Waals surface area contributed by atoms with Crippen LogP contribution >= 0.6 is 11.6 Å². The summed E-state index contributed by atoms with van der Waals surface area (Å²) < 4.78 is 0. The Labute approximate surface area is 111 Å². The Morgan fingerprint density at radius 2 is 2.00 bits per heavy atom. The van der Waals surface area contributed by atoms with Gasteiger partial charge in [0.15, 0.2) is 0 Å². The molecule has 18 heavy (non-hydrogen) atoms. The second-order valence-electron chi connectivity index (χ2n) is 3.66. The maximum atomic E-state index is 11.8. The van der Waals surface area contributed by atoms with E-state index in [0.717, 1.165) is 5.69 Å². The van der Waals surface area contributed by atoms with Crippen molar-refractivity contribution >= 4 is 23.4 Å². The van der Waals surface area contributed by atoms with Gasteiger partial charge in [0.25, 0.3) is 5.91 Å². The number of carbonyl (C=O) groups excluding carboxylic acids is 2. The molecule has 1 rings (SSSR count). The Morgan fingerprint density at radius 3 is 2.61 bits per heavy atom. The lowest BCUT2D eigenvalue weighted by molar-refractivity contribution is -0.120. The third-order valence-electron chi connectivity index (χ3n) is 2.26. The van der Waals surface area contributed by atoms with Gasteiger partial charge in [0.05, 0.1) is 6.54 Å². The molecule has 5 nitrogen and oxygen atoms in total. The van der Waals surface area contributed by atoms with Crippen molar-refractivity contribution in [3.8, 4) is 0 Å². The van der Waals surface area contributed by atoms with Gasteiger partial charge < -0.3 is 10.6 Å². The quantitative estimate of drug-likeness (QED) is 0.788. The van der Waals surface area contributed by atoms with E-state index < -0.39 is 0 Å². The highest BCUT2D eigenvalue weighted by Gasteiger charge is 2.10. The molecule has 0 spiro atoms. The van der Waals surface area contributed by atoms with Crippen molar-refractivity contribution in [2.24, 2.45) is 0 Å². The first-order valence-electron chi connectivity index (χ1n) is 5.78. The van der Waals surface area contributed by atoms with Crippen molar-refractivity contribution in [2.75, 3.05) is 13.1 Å². The van der Waals surface area contributed by atoms with E-state index in [1.807, 2.05) is 13.8 Å². The van der Waals surface area contributed by atoms with Crippen LogP contribution < -0.4 is 10.6 Å². The van der Waals surface area contributed by atoms with Gasteiger partial charge in [-0.3, -0.25) is 9.59 Å². The van der Waals surface area contributed by atoms with Crippen LogP contribution in [0.25, 0.3) is 0 Å². The number of amides is 2. The molecule has 0 unspecified atom stereocenters. The fourth-order valence-electron chi connectivity index (χ4n) is 1.39. The third-order valence-corrected chi connectivity index (χ3v) is 2.45. The topological polar surface area (TPSA) is 71.1 Å². The number of nitrogens with zero attached hydrogens (tertiary/aromatic N) is 1. The van der Waals surface area contributed by atoms with E-state index in [1.165, 1.54) is 6.07 Å². The van der Waals surface area contributed by atoms with E-state index in [0.29, 0.717) is 18.5 Å². The first kappa shape index (κ1) is 14.4. The number of carbonyl (C=O) groups is 2. The van der Waals surface area contributed by atoms with Crippen LogP contribution in [-0.2, 0) is 11.2 Å². The molecular weight excluding hydrogens is 254 g/mol. The lowest BCUT2D eigenvalue weighted by Gasteiger charge is -2.06. The van der Waals surface area contributed by atoms with Gasteiger partial charge >= 0.3 is 0 Å². The molecule has 0 saturated heterocycles. The van der Waals surface area contributed by atoms with E-state index >= 15 is 0 Å². The highest BCUT2D eigenvalue weighted by Crippen LogP contribution is 2.11. The molecule has 1 heterocycles. The summed E-state index contributed by atoms with van der Waals surface area (Å²) in [6.45, 7) is 4.23. The van der Waals surface area contributed by atoms with Gasteiger partial charge in [-0.1, -0.05) is 18.5 Å². The van der Waals surface area contributed by atoms with Crippen molar-refractivity contribution in [3.05, 3.63) is 28.5 Å². The SMILES string of the molecule is CCNC(=O)CNC(=O)c1cc(Cl)nc(CC)c1. The van der Waals surface area contributed by atoms with Crippen molar-refractivity contribution in [1.29, 1.82) is 0 Å². The van der Waals surface area contributed by atoms with E-state index in [-0.39, 0.29) is 23.5 Å². The summed E-state index contributed by atoms with van der Waals surface area (Å²) >= 11 is 5.81. The molecule has 0 bridgehead atoms. The van der Waals surface area contributed by atoms with Gasteiger partial charge in [-0.05, 0) is 25.5 Å². The van der Waals surface area contributed by atoms with Crippen LogP contribution in [0.2, 0.25) is 5.15 Å². The van der Waals surface area contributed by atoms with Gasteiger partial charge in [-0.15, -0.1) is 0 Å². The minimum absolute atomic E-state index is 0.0475. The summed E-state index contributed by atoms with van der Waals surface area (Å²) in [6.07, 6.45) is 0.692. The Kier molecular flexibility index (Phi) is 5.58. The summed E-state index contributed by atoms with van der Waals surface area (Å²) in [5.74, 6) is -0.554. The molecule has 0 aliphatic carbocycles. The summed E-state index contributed by atoms with van der Waals surface area (Å²) in [7, 11) is 0. The second kappa shape index (κ2) is 6.96. The fraction of sp³-hybridized carbons (Fsp3) is 0.417. The Balaban J connectivity index is 2.66. The predicted molar refractivity (Wildman–Crippen MR) is 69.6 cm³/mol. The monoisotopic (exact) mass is 269 g/mol. The van der Waals surface area contributed by atoms with Crippen molar-refractivity contribution in [2.45, 2.75) is 20.3 Å². The summed E-state index contributed by atoms with van der Waals surface area (Å²) in [5, 5.41) is 5.39. The number of likely N-dealkylation sites (N-methyl/N-ethyl adjacent to an activating group) is 1. The van der Waals surface area contributed by atoms with E-state index in [4.69, 9.17) is 11.6 Å². The molecule has 0 aromatic carbocycles. The molecule has 0 radical (unpaired) electrons. The molecule has 2 amide bonds. The predicted octanol–water partition coefficient (Wildman–Crippen LogP) is 1.16. The minimum atomic E-state index is -0.333. The molecule has 98 valence electrons. The Bertz CT molecular complexity index is 449. The molecule has 0 aliphatic heterocycles. The standard InChI is InChI=1S/C12H16ClN3O2/c1-3-9-5-8(6-10(13)16-9)12(18)15-7-11(17)14-4-2/h5-6H,3-4,7H2,1-2H3,(H,14,17)(H,15,18). The highest BCUT2D eigenvalue weighted by molar-refractivity contribution is 6.29. The average molecular weight is 270 g/mol. The van der Waals surface area contributed by atoms with Crippen LogP contribution in [0.1, 0.15) is 29.9 Å². The van der Waals surface area contributed by atoms with Gasteiger partial charge in [0.1, 0.15) is 5.15 Å². The minimum Gasteiger partial charge on any atom is -0.355 e. The molecule has 0 atom stereocenters. The summed E-state index contributed by atoms with van der Waals surface area (Å²) in [6, 6.07) is 3.15. The number of aryl methyl sites for hydroxylation is 1. The van der Waals surface area contributed by atoms with Gasteiger partial charge in [-0.25, -0.2) is 4.98 Å². The normalized spacial score (nSPS) is 9.94. The van der Waals surface area contributed by atoms with E-state index in [1.54, 1.807) is 6.07 Å². The number of halogens is 1. The number of pyridine rings is 1. The number of aromatic nitrogens is 1. The molecule has 0 saturated carbocycles. The molecule has 1 aromatic heterocycles. The second-order valence-corrected chi connectivity index (χ2v) is 4.05. The Hall–Kier alpha value is -1.62. The summed E-state index contributed by atoms with van der Waals surface area (Å²) in [5.41, 5.74) is 1.15. The van der Waals surface area contributed by atoms with Crippen LogP contribution in [0.15, 0.2) is 12.1 Å². The lowest BCUT2D eigenvalue weighted by Crippen LogP contribution is -2.36. The molecule has 6 heteroatoms. The van der Waals surface area contributed by atoms with E-state index in [2.05, 4.69) is 15.6 Å². The van der Waals surface area contributed by atoms with Crippen LogP contribution in [0, 0.1) is 0 Å². The molecule has 0 aliphatic rings. The third kappa shape index (κ3) is 4.33.